The van der Waals surface area contributed by atoms with E-state index in [0.717, 1.165) is 0 Å². The van der Waals surface area contributed by atoms with Crippen LogP contribution in [0.2, 0.25) is 0 Å². The second-order valence-electron chi connectivity index (χ2n) is 7.17. The van der Waals surface area contributed by atoms with Gasteiger partial charge in [-0.15, -0.1) is 0 Å². The number of esters is 3. The van der Waals surface area contributed by atoms with E-state index < -0.39 is 36.2 Å². The minimum absolute atomic E-state index is 0.0540. The zero-order valence-corrected chi connectivity index (χ0v) is 19.3. The molecular weight excluding hydrogens is 422 g/mol. The summed E-state index contributed by atoms with van der Waals surface area (Å²) in [5.41, 5.74) is 0.616. The Balaban J connectivity index is 2.86. The standard InChI is InChI=1S/C22H31NO9/c1-7-13(2)29-22(27)30-14(3)12-23-18(21(26)28-6)10-17-8-9-19(31-15(4)24)20(11-17)32-16(5)25/h8-9,11,13-14,18,23H,7,10,12H2,1-6H3/t13?,14?,18-/m0/s1. The number of ether oxygens (including phenoxy) is 5. The lowest BCUT2D eigenvalue weighted by Gasteiger charge is -2.21. The summed E-state index contributed by atoms with van der Waals surface area (Å²) >= 11 is 0. The molecule has 0 saturated carbocycles. The normalized spacial score (nSPS) is 13.3. The van der Waals surface area contributed by atoms with E-state index >= 15 is 0 Å². The topological polar surface area (TPSA) is 126 Å². The molecule has 2 unspecified atom stereocenters. The largest absolute Gasteiger partial charge is 0.508 e. The molecule has 0 saturated heterocycles. The predicted molar refractivity (Wildman–Crippen MR) is 113 cm³/mol. The van der Waals surface area contributed by atoms with E-state index in [2.05, 4.69) is 5.32 Å². The number of carbonyl (C=O) groups is 4. The molecule has 0 aromatic heterocycles. The van der Waals surface area contributed by atoms with E-state index in [-0.39, 0.29) is 30.6 Å². The average molecular weight is 453 g/mol. The number of hydrogen-bond acceptors (Lipinski definition) is 10. The van der Waals surface area contributed by atoms with Crippen molar-refractivity contribution in [1.82, 2.24) is 5.32 Å². The minimum Gasteiger partial charge on any atom is -0.468 e. The zero-order chi connectivity index (χ0) is 24.3. The molecule has 0 radical (unpaired) electrons. The first-order chi connectivity index (χ1) is 15.0. The number of carbonyl (C=O) groups excluding carboxylic acids is 4. The van der Waals surface area contributed by atoms with E-state index in [1.54, 1.807) is 19.9 Å². The van der Waals surface area contributed by atoms with Gasteiger partial charge in [0.15, 0.2) is 11.5 Å². The predicted octanol–water partition coefficient (Wildman–Crippen LogP) is 2.55. The fourth-order valence-corrected chi connectivity index (χ4v) is 2.56. The van der Waals surface area contributed by atoms with Gasteiger partial charge in [-0.3, -0.25) is 14.4 Å². The number of hydrogen-bond donors (Lipinski definition) is 1. The fourth-order valence-electron chi connectivity index (χ4n) is 2.56. The van der Waals surface area contributed by atoms with Crippen molar-refractivity contribution in [1.29, 1.82) is 0 Å². The third-order valence-electron chi connectivity index (χ3n) is 4.26. The van der Waals surface area contributed by atoms with E-state index in [1.807, 2.05) is 6.92 Å². The highest BCUT2D eigenvalue weighted by Gasteiger charge is 2.23. The molecule has 0 aliphatic carbocycles. The van der Waals surface area contributed by atoms with E-state index in [0.29, 0.717) is 12.0 Å². The van der Waals surface area contributed by atoms with Gasteiger partial charge in [-0.2, -0.15) is 0 Å². The van der Waals surface area contributed by atoms with Crippen LogP contribution in [0.1, 0.15) is 46.6 Å². The average Bonchev–Trinajstić information content (AvgIpc) is 2.71. The maximum absolute atomic E-state index is 12.2. The van der Waals surface area contributed by atoms with Crippen molar-refractivity contribution >= 4 is 24.1 Å². The molecule has 10 heteroatoms. The summed E-state index contributed by atoms with van der Waals surface area (Å²) in [4.78, 5) is 46.6. The molecule has 10 nitrogen and oxygen atoms in total. The van der Waals surface area contributed by atoms with Crippen molar-refractivity contribution in [2.75, 3.05) is 13.7 Å². The molecule has 3 atom stereocenters. The lowest BCUT2D eigenvalue weighted by molar-refractivity contribution is -0.143. The summed E-state index contributed by atoms with van der Waals surface area (Å²) in [6.07, 6.45) is -0.771. The molecule has 0 bridgehead atoms. The van der Waals surface area contributed by atoms with Gasteiger partial charge in [0.2, 0.25) is 0 Å². The highest BCUT2D eigenvalue weighted by molar-refractivity contribution is 5.76. The summed E-state index contributed by atoms with van der Waals surface area (Å²) in [5, 5.41) is 3.00. The van der Waals surface area contributed by atoms with Gasteiger partial charge in [0.05, 0.1) is 7.11 Å². The maximum Gasteiger partial charge on any atom is 0.508 e. The van der Waals surface area contributed by atoms with Crippen LogP contribution >= 0.6 is 0 Å². The molecule has 1 N–H and O–H groups in total. The highest BCUT2D eigenvalue weighted by Crippen LogP contribution is 2.29. The smallest absolute Gasteiger partial charge is 0.468 e. The molecule has 1 rings (SSSR count). The first-order valence-corrected chi connectivity index (χ1v) is 10.2. The molecule has 0 aliphatic rings. The van der Waals surface area contributed by atoms with Gasteiger partial charge >= 0.3 is 24.1 Å². The summed E-state index contributed by atoms with van der Waals surface area (Å²) in [6.45, 7) is 7.91. The van der Waals surface area contributed by atoms with Crippen LogP contribution in [0.4, 0.5) is 4.79 Å². The third-order valence-corrected chi connectivity index (χ3v) is 4.26. The van der Waals surface area contributed by atoms with Gasteiger partial charge in [0.25, 0.3) is 0 Å². The number of methoxy groups -OCH3 is 1. The van der Waals surface area contributed by atoms with Crippen LogP contribution in [0.15, 0.2) is 18.2 Å². The van der Waals surface area contributed by atoms with Crippen LogP contribution in [0.3, 0.4) is 0 Å². The van der Waals surface area contributed by atoms with Crippen molar-refractivity contribution in [3.8, 4) is 11.5 Å². The Morgan fingerprint density at radius 1 is 0.938 bits per heavy atom. The Hall–Kier alpha value is -3.14. The van der Waals surface area contributed by atoms with Gasteiger partial charge < -0.3 is 29.0 Å². The lowest BCUT2D eigenvalue weighted by Crippen LogP contribution is -2.43. The Morgan fingerprint density at radius 3 is 2.09 bits per heavy atom. The van der Waals surface area contributed by atoms with Crippen LogP contribution in [-0.4, -0.2) is 56.0 Å². The molecule has 0 fully saturated rings. The SMILES string of the molecule is CCC(C)OC(=O)OC(C)CN[C@@H](Cc1ccc(OC(C)=O)c(OC(C)=O)c1)C(=O)OC. The number of nitrogens with one attached hydrogen (secondary N) is 1. The first-order valence-electron chi connectivity index (χ1n) is 10.2. The van der Waals surface area contributed by atoms with Crippen molar-refractivity contribution in [2.45, 2.75) is 65.7 Å². The van der Waals surface area contributed by atoms with Crippen molar-refractivity contribution in [3.05, 3.63) is 23.8 Å². The molecule has 0 amide bonds. The van der Waals surface area contributed by atoms with Crippen LogP contribution in [0.25, 0.3) is 0 Å². The van der Waals surface area contributed by atoms with Crippen LogP contribution < -0.4 is 14.8 Å². The second kappa shape index (κ2) is 13.3. The van der Waals surface area contributed by atoms with E-state index in [9.17, 15) is 19.2 Å². The zero-order valence-electron chi connectivity index (χ0n) is 19.3. The van der Waals surface area contributed by atoms with Crippen molar-refractivity contribution in [3.63, 3.8) is 0 Å². The summed E-state index contributed by atoms with van der Waals surface area (Å²) < 4.78 is 25.2. The summed E-state index contributed by atoms with van der Waals surface area (Å²) in [5.74, 6) is -1.55. The molecule has 1 aromatic carbocycles. The highest BCUT2D eigenvalue weighted by atomic mass is 16.7. The second-order valence-corrected chi connectivity index (χ2v) is 7.17. The Bertz CT molecular complexity index is 809. The number of rotatable bonds is 11. The van der Waals surface area contributed by atoms with Crippen molar-refractivity contribution < 1.29 is 42.9 Å². The van der Waals surface area contributed by atoms with Crippen LogP contribution in [0.5, 0.6) is 11.5 Å². The quantitative estimate of drug-likeness (QED) is 0.394. The monoisotopic (exact) mass is 453 g/mol. The van der Waals surface area contributed by atoms with Crippen LogP contribution in [0, 0.1) is 0 Å². The lowest BCUT2D eigenvalue weighted by atomic mass is 10.0. The van der Waals surface area contributed by atoms with Gasteiger partial charge in [0, 0.05) is 20.4 Å². The van der Waals surface area contributed by atoms with Gasteiger partial charge in [-0.25, -0.2) is 4.79 Å². The molecule has 1 aromatic rings. The molecule has 32 heavy (non-hydrogen) atoms. The molecule has 178 valence electrons. The molecule has 0 spiro atoms. The fraction of sp³-hybridized carbons (Fsp3) is 0.545. The molecule has 0 aliphatic heterocycles. The molecule has 0 heterocycles. The summed E-state index contributed by atoms with van der Waals surface area (Å²) in [7, 11) is 1.26. The van der Waals surface area contributed by atoms with Gasteiger partial charge in [0.1, 0.15) is 18.2 Å². The summed E-state index contributed by atoms with van der Waals surface area (Å²) in [6, 6.07) is 3.83. The Morgan fingerprint density at radius 2 is 1.53 bits per heavy atom. The third kappa shape index (κ3) is 9.78. The van der Waals surface area contributed by atoms with E-state index in [4.69, 9.17) is 23.7 Å². The Labute approximate surface area is 187 Å². The first kappa shape index (κ1) is 26.9. The molecular formula is C22H31NO9. The van der Waals surface area contributed by atoms with Crippen molar-refractivity contribution in [2.24, 2.45) is 0 Å². The van der Waals surface area contributed by atoms with Gasteiger partial charge in [-0.1, -0.05) is 13.0 Å². The van der Waals surface area contributed by atoms with Gasteiger partial charge in [-0.05, 0) is 44.4 Å². The maximum atomic E-state index is 12.2. The minimum atomic E-state index is -0.782. The van der Waals surface area contributed by atoms with Crippen LogP contribution in [-0.2, 0) is 35.0 Å². The Kier molecular flexibility index (Phi) is 11.2. The van der Waals surface area contributed by atoms with E-state index in [1.165, 1.54) is 33.1 Å². The number of benzene rings is 1.